The summed E-state index contributed by atoms with van der Waals surface area (Å²) in [6, 6.07) is 60.7. The van der Waals surface area contributed by atoms with Gasteiger partial charge in [-0.25, -0.2) is 0 Å². The molecule has 0 aliphatic heterocycles. The molecular formula is C57H48N2. The van der Waals surface area contributed by atoms with E-state index < -0.39 is 5.41 Å². The summed E-state index contributed by atoms with van der Waals surface area (Å²) in [6.07, 6.45) is 17.3. The highest BCUT2D eigenvalue weighted by atomic mass is 14.7. The fourth-order valence-corrected chi connectivity index (χ4v) is 9.28. The summed E-state index contributed by atoms with van der Waals surface area (Å²) >= 11 is 0. The minimum atomic E-state index is -0.431. The number of fused-ring (bicyclic) bond motifs is 5. The van der Waals surface area contributed by atoms with Gasteiger partial charge >= 0.3 is 0 Å². The summed E-state index contributed by atoms with van der Waals surface area (Å²) < 4.78 is 0. The van der Waals surface area contributed by atoms with Gasteiger partial charge in [0.2, 0.25) is 0 Å². The van der Waals surface area contributed by atoms with Crippen LogP contribution < -0.4 is 5.73 Å². The molecule has 0 atom stereocenters. The highest BCUT2D eigenvalue weighted by Crippen LogP contribution is 2.58. The van der Waals surface area contributed by atoms with E-state index in [0.717, 1.165) is 36.0 Å². The molecule has 2 aliphatic carbocycles. The summed E-state index contributed by atoms with van der Waals surface area (Å²) in [5.41, 5.74) is 22.3. The molecule has 0 saturated heterocycles. The number of rotatable bonds is 8. The van der Waals surface area contributed by atoms with Gasteiger partial charge in [0, 0.05) is 17.5 Å². The molecule has 59 heavy (non-hydrogen) atoms. The van der Waals surface area contributed by atoms with Crippen LogP contribution >= 0.6 is 0 Å². The third kappa shape index (κ3) is 6.71. The Labute approximate surface area is 348 Å². The van der Waals surface area contributed by atoms with Gasteiger partial charge in [0.05, 0.1) is 10.9 Å². The molecule has 1 aromatic heterocycles. The van der Waals surface area contributed by atoms with Crippen LogP contribution in [0.1, 0.15) is 60.2 Å². The highest BCUT2D eigenvalue weighted by Gasteiger charge is 2.46. The number of hydrogen-bond acceptors (Lipinski definition) is 2. The molecule has 10 rings (SSSR count). The molecule has 8 aromatic rings. The van der Waals surface area contributed by atoms with E-state index in [0.29, 0.717) is 0 Å². The molecule has 0 fully saturated rings. The molecule has 7 aromatic carbocycles. The normalized spacial score (nSPS) is 14.0. The van der Waals surface area contributed by atoms with Crippen molar-refractivity contribution in [1.29, 1.82) is 0 Å². The zero-order valence-electron chi connectivity index (χ0n) is 33.8. The summed E-state index contributed by atoms with van der Waals surface area (Å²) in [5.74, 6) is 0. The lowest BCUT2D eigenvalue weighted by Crippen LogP contribution is -2.28. The third-order valence-electron chi connectivity index (χ3n) is 11.8. The first-order valence-electron chi connectivity index (χ1n) is 21.0. The lowest BCUT2D eigenvalue weighted by atomic mass is 9.67. The second kappa shape index (κ2) is 16.4. The van der Waals surface area contributed by atoms with Crippen molar-refractivity contribution < 1.29 is 0 Å². The van der Waals surface area contributed by atoms with Gasteiger partial charge in [0.25, 0.3) is 0 Å². The Morgan fingerprint density at radius 3 is 1.98 bits per heavy atom. The van der Waals surface area contributed by atoms with Crippen molar-refractivity contribution in [3.8, 4) is 33.4 Å². The fourth-order valence-electron chi connectivity index (χ4n) is 9.28. The summed E-state index contributed by atoms with van der Waals surface area (Å²) in [7, 11) is 0. The molecule has 0 amide bonds. The van der Waals surface area contributed by atoms with Crippen molar-refractivity contribution in [3.63, 3.8) is 0 Å². The van der Waals surface area contributed by atoms with Gasteiger partial charge in [0.1, 0.15) is 0 Å². The molecule has 2 nitrogen and oxygen atoms in total. The van der Waals surface area contributed by atoms with Crippen LogP contribution in [-0.2, 0) is 11.8 Å². The quantitative estimate of drug-likeness (QED) is 0.157. The minimum absolute atomic E-state index is 0.431. The molecule has 2 aliphatic rings. The predicted octanol–water partition coefficient (Wildman–Crippen LogP) is 14.4. The maximum absolute atomic E-state index is 5.57. The van der Waals surface area contributed by atoms with Gasteiger partial charge < -0.3 is 5.73 Å². The SMILES string of the molecule is CC.N/C=C\C=C/Cc1cc(C2=CCCC=C2)c2ccc(-c3ccc4ccc(-c5cccc6c5-c5ccccc5C6(c5ccccc5)c5ccccc5)cc4c3)cc2n1. The van der Waals surface area contributed by atoms with E-state index in [4.69, 9.17) is 10.7 Å². The smallest absolute Gasteiger partial charge is 0.0717 e. The standard InChI is InChI=1S/C55H42N2.C2H6/c56-33-14-4-11-22-46-37-50(39-16-5-1-6-17-39)48-32-31-41(36-53(48)57-46)40-29-27-38-28-30-42(35-43(38)34-40)47-24-15-26-52-54(47)49-23-12-13-25-51(49)55(52,44-18-7-2-8-19-44)45-20-9-3-10-21-45;1-2/h2-5,7-21,23-37H,1,6,22,56H2;1-2H3/b11-4-,33-14-;. The van der Waals surface area contributed by atoms with E-state index in [1.807, 2.05) is 26.0 Å². The van der Waals surface area contributed by atoms with Crippen molar-refractivity contribution in [2.45, 2.75) is 38.5 Å². The van der Waals surface area contributed by atoms with Crippen molar-refractivity contribution in [2.24, 2.45) is 5.73 Å². The lowest BCUT2D eigenvalue weighted by molar-refractivity contribution is 0.768. The zero-order chi connectivity index (χ0) is 40.2. The topological polar surface area (TPSA) is 38.9 Å². The maximum Gasteiger partial charge on any atom is 0.0717 e. The van der Waals surface area contributed by atoms with Crippen LogP contribution in [0.15, 0.2) is 206 Å². The molecule has 0 unspecified atom stereocenters. The van der Waals surface area contributed by atoms with E-state index in [2.05, 4.69) is 188 Å². The monoisotopic (exact) mass is 760 g/mol. The summed E-state index contributed by atoms with van der Waals surface area (Å²) in [5, 5.41) is 3.61. The van der Waals surface area contributed by atoms with E-state index in [1.165, 1.54) is 77.4 Å². The van der Waals surface area contributed by atoms with Gasteiger partial charge in [-0.15, -0.1) is 0 Å². The van der Waals surface area contributed by atoms with Crippen LogP contribution in [0.5, 0.6) is 0 Å². The van der Waals surface area contributed by atoms with Crippen molar-refractivity contribution in [3.05, 3.63) is 240 Å². The van der Waals surface area contributed by atoms with Crippen LogP contribution in [0.25, 0.3) is 60.6 Å². The van der Waals surface area contributed by atoms with Crippen LogP contribution in [0.4, 0.5) is 0 Å². The third-order valence-corrected chi connectivity index (χ3v) is 11.8. The van der Waals surface area contributed by atoms with E-state index in [-0.39, 0.29) is 0 Å². The molecule has 0 spiro atoms. The Bertz CT molecular complexity index is 2890. The first-order chi connectivity index (χ1) is 29.2. The minimum Gasteiger partial charge on any atom is -0.405 e. The Morgan fingerprint density at radius 2 is 1.24 bits per heavy atom. The summed E-state index contributed by atoms with van der Waals surface area (Å²) in [6.45, 7) is 4.00. The number of nitrogens with zero attached hydrogens (tertiary/aromatic N) is 1. The molecule has 0 radical (unpaired) electrons. The number of benzene rings is 7. The van der Waals surface area contributed by atoms with E-state index in [1.54, 1.807) is 6.20 Å². The van der Waals surface area contributed by atoms with Gasteiger partial charge in [0.15, 0.2) is 0 Å². The number of nitrogens with two attached hydrogens (primary N) is 1. The van der Waals surface area contributed by atoms with Gasteiger partial charge in [-0.3, -0.25) is 4.98 Å². The summed E-state index contributed by atoms with van der Waals surface area (Å²) in [4.78, 5) is 5.18. The molecule has 0 saturated carbocycles. The molecule has 286 valence electrons. The van der Waals surface area contributed by atoms with Crippen molar-refractivity contribution >= 4 is 27.2 Å². The number of allylic oxidation sites excluding steroid dienone is 7. The molecule has 2 heteroatoms. The van der Waals surface area contributed by atoms with Crippen LogP contribution in [0.3, 0.4) is 0 Å². The van der Waals surface area contributed by atoms with Crippen LogP contribution in [-0.4, -0.2) is 4.98 Å². The number of pyridine rings is 1. The van der Waals surface area contributed by atoms with Crippen LogP contribution in [0, 0.1) is 0 Å². The molecule has 0 bridgehead atoms. The lowest BCUT2D eigenvalue weighted by Gasteiger charge is -2.34. The molecular weight excluding hydrogens is 713 g/mol. The fraction of sp³-hybridized carbons (Fsp3) is 0.105. The predicted molar refractivity (Wildman–Crippen MR) is 251 cm³/mol. The average molecular weight is 761 g/mol. The molecule has 1 heterocycles. The zero-order valence-corrected chi connectivity index (χ0v) is 33.8. The first kappa shape index (κ1) is 37.5. The number of aromatic nitrogens is 1. The first-order valence-corrected chi connectivity index (χ1v) is 21.0. The molecule has 2 N–H and O–H groups in total. The second-order valence-corrected chi connectivity index (χ2v) is 15.1. The van der Waals surface area contributed by atoms with E-state index >= 15 is 0 Å². The average Bonchev–Trinajstić information content (AvgIpc) is 3.62. The Hall–Kier alpha value is -7.03. The van der Waals surface area contributed by atoms with Gasteiger partial charge in [-0.2, -0.15) is 0 Å². The Balaban J connectivity index is 0.00000221. The van der Waals surface area contributed by atoms with Crippen LogP contribution in [0.2, 0.25) is 0 Å². The van der Waals surface area contributed by atoms with Crippen molar-refractivity contribution in [2.75, 3.05) is 0 Å². The highest BCUT2D eigenvalue weighted by molar-refractivity contribution is 6.00. The number of hydrogen-bond donors (Lipinski definition) is 1. The van der Waals surface area contributed by atoms with Crippen molar-refractivity contribution in [1.82, 2.24) is 4.98 Å². The van der Waals surface area contributed by atoms with E-state index in [9.17, 15) is 0 Å². The largest absolute Gasteiger partial charge is 0.405 e. The van der Waals surface area contributed by atoms with Gasteiger partial charge in [-0.05, 0) is 127 Å². The maximum atomic E-state index is 5.57. The Kier molecular flexibility index (Phi) is 10.5. The Morgan fingerprint density at radius 1 is 0.576 bits per heavy atom. The van der Waals surface area contributed by atoms with Gasteiger partial charge in [-0.1, -0.05) is 184 Å². The second-order valence-electron chi connectivity index (χ2n) is 15.1.